The fourth-order valence-corrected chi connectivity index (χ4v) is 0. The molecule has 0 spiro atoms. The molecule has 3 nitrogen and oxygen atoms in total. The molecular formula is C3H9O3P. The zero-order valence-corrected chi connectivity index (χ0v) is 4.92. The highest BCUT2D eigenvalue weighted by Crippen LogP contribution is 2.14. The standard InChI is InChI=1S/C3H6.H3O3P/c1-2-3-1;1-4(2)3/h1-3H2;4H,(H2,1,2,3). The second kappa shape index (κ2) is 4.31. The summed E-state index contributed by atoms with van der Waals surface area (Å²) in [7, 11) is -3.13. The highest BCUT2D eigenvalue weighted by Gasteiger charge is 1.95. The quantitative estimate of drug-likeness (QED) is 0.463. The molecule has 0 atom stereocenters. The van der Waals surface area contributed by atoms with E-state index in [4.69, 9.17) is 14.4 Å². The molecule has 2 N–H and O–H groups in total. The fourth-order valence-electron chi connectivity index (χ4n) is 0. The van der Waals surface area contributed by atoms with E-state index in [-0.39, 0.29) is 0 Å². The van der Waals surface area contributed by atoms with E-state index in [0.29, 0.717) is 0 Å². The van der Waals surface area contributed by atoms with Crippen molar-refractivity contribution >= 4 is 8.25 Å². The van der Waals surface area contributed by atoms with Crippen LogP contribution >= 0.6 is 8.25 Å². The molecule has 1 aliphatic carbocycles. The highest BCUT2D eigenvalue weighted by atomic mass is 31.1. The van der Waals surface area contributed by atoms with Gasteiger partial charge in [-0.05, 0) is 0 Å². The van der Waals surface area contributed by atoms with Crippen molar-refractivity contribution in [2.45, 2.75) is 19.3 Å². The van der Waals surface area contributed by atoms with E-state index in [2.05, 4.69) is 0 Å². The van der Waals surface area contributed by atoms with E-state index in [9.17, 15) is 0 Å². The third-order valence-corrected chi connectivity index (χ3v) is 0.354. The third-order valence-electron chi connectivity index (χ3n) is 0.354. The molecular weight excluding hydrogens is 115 g/mol. The Morgan fingerprint density at radius 3 is 1.29 bits per heavy atom. The molecule has 7 heavy (non-hydrogen) atoms. The summed E-state index contributed by atoms with van der Waals surface area (Å²) in [5.41, 5.74) is 0. The molecule has 0 unspecified atom stereocenters. The van der Waals surface area contributed by atoms with Crippen LogP contribution in [-0.4, -0.2) is 9.79 Å². The lowest BCUT2D eigenvalue weighted by molar-refractivity contribution is 0.405. The molecule has 0 radical (unpaired) electrons. The van der Waals surface area contributed by atoms with Crippen molar-refractivity contribution in [3.63, 3.8) is 0 Å². The first kappa shape index (κ1) is 7.15. The molecule has 44 valence electrons. The lowest BCUT2D eigenvalue weighted by atomic mass is 11.0. The zero-order valence-electron chi connectivity index (χ0n) is 3.92. The first-order valence-corrected chi connectivity index (χ1v) is 3.45. The van der Waals surface area contributed by atoms with Crippen LogP contribution < -0.4 is 0 Å². The minimum Gasteiger partial charge on any atom is -0.326 e. The molecule has 4 heteroatoms. The van der Waals surface area contributed by atoms with Gasteiger partial charge in [0, 0.05) is 0 Å². The summed E-state index contributed by atoms with van der Waals surface area (Å²) in [4.78, 5) is 14.3. The minimum absolute atomic E-state index is 1.50. The monoisotopic (exact) mass is 124 g/mol. The molecule has 0 amide bonds. The van der Waals surface area contributed by atoms with Gasteiger partial charge < -0.3 is 9.79 Å². The van der Waals surface area contributed by atoms with Crippen LogP contribution in [0.2, 0.25) is 0 Å². The van der Waals surface area contributed by atoms with Crippen LogP contribution in [0, 0.1) is 0 Å². The van der Waals surface area contributed by atoms with E-state index in [1.165, 1.54) is 19.3 Å². The maximum atomic E-state index is 8.74. The second-order valence-electron chi connectivity index (χ2n) is 1.34. The number of hydrogen-bond donors (Lipinski definition) is 2. The molecule has 0 heterocycles. The highest BCUT2D eigenvalue weighted by molar-refractivity contribution is 7.30. The molecule has 0 bridgehead atoms. The molecule has 1 rings (SSSR count). The van der Waals surface area contributed by atoms with Crippen molar-refractivity contribution in [3.05, 3.63) is 0 Å². The number of hydrogen-bond acceptors (Lipinski definition) is 1. The molecule has 1 fully saturated rings. The lowest BCUT2D eigenvalue weighted by Gasteiger charge is -1.61. The van der Waals surface area contributed by atoms with Crippen molar-refractivity contribution in [2.75, 3.05) is 0 Å². The molecule has 0 aromatic heterocycles. The fraction of sp³-hybridized carbons (Fsp3) is 1.00. The van der Waals surface area contributed by atoms with E-state index >= 15 is 0 Å². The SMILES string of the molecule is C1CC1.O=[PH](O)O. The van der Waals surface area contributed by atoms with Gasteiger partial charge in [-0.2, -0.15) is 0 Å². The molecule has 0 saturated heterocycles. The Hall–Kier alpha value is 0.150. The van der Waals surface area contributed by atoms with Crippen molar-refractivity contribution in [2.24, 2.45) is 0 Å². The van der Waals surface area contributed by atoms with Gasteiger partial charge in [0.1, 0.15) is 0 Å². The molecule has 0 aliphatic heterocycles. The summed E-state index contributed by atoms with van der Waals surface area (Å²) in [6, 6.07) is 0. The van der Waals surface area contributed by atoms with Gasteiger partial charge in [-0.25, -0.2) is 0 Å². The molecule has 1 saturated carbocycles. The maximum Gasteiger partial charge on any atom is 0.314 e. The van der Waals surface area contributed by atoms with Crippen molar-refractivity contribution < 1.29 is 14.4 Å². The van der Waals surface area contributed by atoms with Gasteiger partial charge in [0.05, 0.1) is 0 Å². The normalized spacial score (nSPS) is 15.3. The van der Waals surface area contributed by atoms with Gasteiger partial charge >= 0.3 is 8.25 Å². The van der Waals surface area contributed by atoms with E-state index in [1.807, 2.05) is 0 Å². The van der Waals surface area contributed by atoms with Gasteiger partial charge in [0.15, 0.2) is 0 Å². The van der Waals surface area contributed by atoms with Crippen LogP contribution in [0.25, 0.3) is 0 Å². The van der Waals surface area contributed by atoms with Gasteiger partial charge in [0.25, 0.3) is 0 Å². The van der Waals surface area contributed by atoms with Crippen LogP contribution in [0.1, 0.15) is 19.3 Å². The lowest BCUT2D eigenvalue weighted by Crippen LogP contribution is -1.38. The largest absolute Gasteiger partial charge is 0.326 e. The van der Waals surface area contributed by atoms with Crippen LogP contribution in [0.15, 0.2) is 0 Å². The van der Waals surface area contributed by atoms with Crippen LogP contribution in [-0.2, 0) is 4.57 Å². The van der Waals surface area contributed by atoms with Gasteiger partial charge in [-0.1, -0.05) is 19.3 Å². The summed E-state index contributed by atoms with van der Waals surface area (Å²) in [5.74, 6) is 0. The van der Waals surface area contributed by atoms with Crippen LogP contribution in [0.3, 0.4) is 0 Å². The van der Waals surface area contributed by atoms with Crippen molar-refractivity contribution in [1.29, 1.82) is 0 Å². The van der Waals surface area contributed by atoms with Crippen molar-refractivity contribution in [1.82, 2.24) is 0 Å². The number of rotatable bonds is 0. The summed E-state index contributed by atoms with van der Waals surface area (Å²) < 4.78 is 8.74. The first-order valence-electron chi connectivity index (χ1n) is 2.15. The Bertz CT molecular complexity index is 54.4. The predicted molar refractivity (Wildman–Crippen MR) is 27.3 cm³/mol. The smallest absolute Gasteiger partial charge is 0.314 e. The van der Waals surface area contributed by atoms with Crippen molar-refractivity contribution in [3.8, 4) is 0 Å². The zero-order chi connectivity index (χ0) is 5.70. The molecule has 0 aromatic rings. The average molecular weight is 124 g/mol. The topological polar surface area (TPSA) is 57.5 Å². The van der Waals surface area contributed by atoms with E-state index in [1.54, 1.807) is 0 Å². The Morgan fingerprint density at radius 2 is 1.29 bits per heavy atom. The summed E-state index contributed by atoms with van der Waals surface area (Å²) >= 11 is 0. The third kappa shape index (κ3) is 80.1. The molecule has 0 aromatic carbocycles. The Balaban J connectivity index is 0.000000105. The summed E-state index contributed by atoms with van der Waals surface area (Å²) in [5, 5.41) is 0. The van der Waals surface area contributed by atoms with Gasteiger partial charge in [-0.15, -0.1) is 0 Å². The Kier molecular flexibility index (Phi) is 4.41. The minimum atomic E-state index is -3.13. The summed E-state index contributed by atoms with van der Waals surface area (Å²) in [6.07, 6.45) is 4.50. The van der Waals surface area contributed by atoms with Crippen LogP contribution in [0.5, 0.6) is 0 Å². The average Bonchev–Trinajstić information content (AvgIpc) is 2.02. The van der Waals surface area contributed by atoms with Gasteiger partial charge in [-0.3, -0.25) is 4.57 Å². The van der Waals surface area contributed by atoms with E-state index in [0.717, 1.165) is 0 Å². The Labute approximate surface area is 42.9 Å². The Morgan fingerprint density at radius 1 is 1.14 bits per heavy atom. The second-order valence-corrected chi connectivity index (χ2v) is 1.91. The van der Waals surface area contributed by atoms with E-state index < -0.39 is 8.25 Å². The first-order chi connectivity index (χ1) is 3.23. The van der Waals surface area contributed by atoms with Gasteiger partial charge in [0.2, 0.25) is 0 Å². The van der Waals surface area contributed by atoms with Crippen LogP contribution in [0.4, 0.5) is 0 Å². The molecule has 1 aliphatic rings. The summed E-state index contributed by atoms with van der Waals surface area (Å²) in [6.45, 7) is 0. The predicted octanol–water partition coefficient (Wildman–Crippen LogP) is 0.531. The maximum absolute atomic E-state index is 8.74.